The monoisotopic (exact) mass is 753 g/mol. The number of nitrogens with zero attached hydrogens (tertiary/aromatic N) is 2. The van der Waals surface area contributed by atoms with Gasteiger partial charge in [0.1, 0.15) is 0 Å². The summed E-state index contributed by atoms with van der Waals surface area (Å²) in [6.07, 6.45) is 43.2. The summed E-state index contributed by atoms with van der Waals surface area (Å²) in [6, 6.07) is 17.7. The largest absolute Gasteiger partial charge is 0.251 e. The number of rotatable bonds is 32. The van der Waals surface area contributed by atoms with E-state index in [0.717, 1.165) is 56.3 Å². The van der Waals surface area contributed by atoms with Gasteiger partial charge in [-0.2, -0.15) is 0 Å². The summed E-state index contributed by atoms with van der Waals surface area (Å²) in [5.41, 5.74) is 7.40. The van der Waals surface area contributed by atoms with Crippen molar-refractivity contribution in [1.29, 1.82) is 0 Å². The minimum atomic E-state index is 0. The van der Waals surface area contributed by atoms with Crippen molar-refractivity contribution in [3.8, 4) is 0 Å². The van der Waals surface area contributed by atoms with Gasteiger partial charge in [0, 0.05) is 16.5 Å². The van der Waals surface area contributed by atoms with Crippen LogP contribution in [0.1, 0.15) is 199 Å². The van der Waals surface area contributed by atoms with E-state index >= 15 is 0 Å². The number of unbranched alkanes of at least 4 members (excludes halogenated alkanes) is 17. The van der Waals surface area contributed by atoms with Crippen molar-refractivity contribution in [2.24, 2.45) is 9.98 Å². The van der Waals surface area contributed by atoms with E-state index < -0.39 is 0 Å². The van der Waals surface area contributed by atoms with Crippen molar-refractivity contribution < 1.29 is 16.5 Å². The summed E-state index contributed by atoms with van der Waals surface area (Å²) in [5, 5.41) is 0. The quantitative estimate of drug-likeness (QED) is 0.0308. The maximum atomic E-state index is 5.50. The first kappa shape index (κ1) is 47.8. The van der Waals surface area contributed by atoms with E-state index in [4.69, 9.17) is 9.98 Å². The fourth-order valence-corrected chi connectivity index (χ4v) is 6.78. The maximum Gasteiger partial charge on any atom is 0.0665 e. The van der Waals surface area contributed by atoms with Crippen LogP contribution >= 0.6 is 0 Å². The first-order valence-electron chi connectivity index (χ1n) is 21.8. The Balaban J connectivity index is 0.0000135. The van der Waals surface area contributed by atoms with Gasteiger partial charge in [-0.05, 0) is 100 Å². The topological polar surface area (TPSA) is 24.7 Å². The summed E-state index contributed by atoms with van der Waals surface area (Å²) in [6.45, 7) is 9.17. The number of aliphatic imine (C=N–C) groups is 2. The summed E-state index contributed by atoms with van der Waals surface area (Å²) < 4.78 is 0. The summed E-state index contributed by atoms with van der Waals surface area (Å²) in [4.78, 5) is 11.0. The van der Waals surface area contributed by atoms with E-state index in [-0.39, 0.29) is 16.5 Å². The van der Waals surface area contributed by atoms with Gasteiger partial charge in [0.15, 0.2) is 0 Å². The van der Waals surface area contributed by atoms with E-state index in [9.17, 15) is 0 Å². The Morgan fingerprint density at radius 3 is 1.17 bits per heavy atom. The van der Waals surface area contributed by atoms with Gasteiger partial charge in [0.25, 0.3) is 0 Å². The van der Waals surface area contributed by atoms with Crippen molar-refractivity contribution in [2.45, 2.75) is 201 Å². The van der Waals surface area contributed by atoms with Crippen molar-refractivity contribution in [1.82, 2.24) is 0 Å². The second-order valence-corrected chi connectivity index (χ2v) is 14.8. The predicted molar refractivity (Wildman–Crippen MR) is 231 cm³/mol. The van der Waals surface area contributed by atoms with Crippen LogP contribution < -0.4 is 0 Å². The van der Waals surface area contributed by atoms with Crippen molar-refractivity contribution >= 4 is 22.8 Å². The number of allylic oxidation sites excluding steroid dienone is 4. The molecule has 0 heterocycles. The molecule has 0 unspecified atom stereocenters. The van der Waals surface area contributed by atoms with Crippen molar-refractivity contribution in [3.05, 3.63) is 84.0 Å². The molecule has 0 aliphatic carbocycles. The first-order valence-corrected chi connectivity index (χ1v) is 21.8. The zero-order valence-corrected chi connectivity index (χ0v) is 35.2. The molecule has 294 valence electrons. The summed E-state index contributed by atoms with van der Waals surface area (Å²) in [7, 11) is 0. The number of hydrogen-bond acceptors (Lipinski definition) is 2. The van der Waals surface area contributed by atoms with Gasteiger partial charge >= 0.3 is 0 Å². The molecule has 0 aromatic heterocycles. The predicted octanol–water partition coefficient (Wildman–Crippen LogP) is 16.6. The van der Waals surface area contributed by atoms with Crippen LogP contribution in [0.15, 0.2) is 82.8 Å². The smallest absolute Gasteiger partial charge is 0.0665 e. The first-order chi connectivity index (χ1) is 25.2. The van der Waals surface area contributed by atoms with Gasteiger partial charge in [-0.1, -0.05) is 185 Å². The number of hydrogen-bond donors (Lipinski definition) is 0. The van der Waals surface area contributed by atoms with E-state index in [0.29, 0.717) is 0 Å². The second-order valence-electron chi connectivity index (χ2n) is 14.8. The Morgan fingerprint density at radius 1 is 0.404 bits per heavy atom. The van der Waals surface area contributed by atoms with Crippen LogP contribution in [-0.2, 0) is 29.3 Å². The average molecular weight is 754 g/mol. The molecule has 2 rings (SSSR count). The molecule has 3 heteroatoms. The summed E-state index contributed by atoms with van der Waals surface area (Å²) >= 11 is 0. The Labute approximate surface area is 332 Å². The molecule has 0 fully saturated rings. The van der Waals surface area contributed by atoms with Crippen LogP contribution in [0.3, 0.4) is 0 Å². The number of benzene rings is 2. The Morgan fingerprint density at radius 2 is 0.731 bits per heavy atom. The van der Waals surface area contributed by atoms with E-state index in [1.54, 1.807) is 0 Å². The van der Waals surface area contributed by atoms with Gasteiger partial charge in [0.2, 0.25) is 0 Å². The van der Waals surface area contributed by atoms with E-state index in [1.807, 2.05) is 0 Å². The van der Waals surface area contributed by atoms with Crippen LogP contribution in [0.5, 0.6) is 0 Å². The molecule has 0 aliphatic rings. The Kier molecular flexibility index (Phi) is 31.7. The number of para-hydroxylation sites is 2. The van der Waals surface area contributed by atoms with Gasteiger partial charge in [-0.15, -0.1) is 0 Å². The molecule has 2 aromatic carbocycles. The fraction of sp³-hybridized carbons (Fsp3) is 0.633. The van der Waals surface area contributed by atoms with Crippen molar-refractivity contribution in [3.63, 3.8) is 0 Å². The fourth-order valence-electron chi connectivity index (χ4n) is 6.78. The second kappa shape index (κ2) is 34.5. The molecule has 0 aliphatic heterocycles. The molecule has 0 bridgehead atoms. The Bertz CT molecular complexity index is 1240. The van der Waals surface area contributed by atoms with Gasteiger partial charge in [-0.3, -0.25) is 9.98 Å². The summed E-state index contributed by atoms with van der Waals surface area (Å²) in [5.74, 6) is 0. The molecular formula is C49H78N2Ni. The normalized spacial score (nSPS) is 12.3. The molecule has 0 saturated heterocycles. The van der Waals surface area contributed by atoms with E-state index in [2.05, 4.69) is 101 Å². The van der Waals surface area contributed by atoms with Gasteiger partial charge < -0.3 is 0 Å². The molecule has 0 spiro atoms. The third kappa shape index (κ3) is 23.4. The van der Waals surface area contributed by atoms with Crippen LogP contribution in [0.2, 0.25) is 0 Å². The number of aryl methyl sites for hydroxylation is 2. The van der Waals surface area contributed by atoms with E-state index in [1.165, 1.54) is 151 Å². The van der Waals surface area contributed by atoms with Crippen molar-refractivity contribution in [2.75, 3.05) is 0 Å². The van der Waals surface area contributed by atoms with Crippen LogP contribution in [-0.4, -0.2) is 11.4 Å². The third-order valence-corrected chi connectivity index (χ3v) is 10.1. The zero-order valence-electron chi connectivity index (χ0n) is 34.2. The minimum absolute atomic E-state index is 0. The molecule has 52 heavy (non-hydrogen) atoms. The van der Waals surface area contributed by atoms with Crippen LogP contribution in [0.4, 0.5) is 11.4 Å². The molecule has 0 N–H and O–H groups in total. The molecule has 0 radical (unpaired) electrons. The third-order valence-electron chi connectivity index (χ3n) is 10.1. The maximum absolute atomic E-state index is 5.50. The molecule has 2 nitrogen and oxygen atoms in total. The van der Waals surface area contributed by atoms with Gasteiger partial charge in [-0.25, -0.2) is 0 Å². The minimum Gasteiger partial charge on any atom is -0.251 e. The standard InChI is InChI=1S/C49H78N2.Ni/c1-5-9-13-16-18-20-22-24-26-29-36-44-38-32-34-40-46(44)50-48(42-28-12-8-4)49(43-31-15-11-7-3)51-47-41-35-33-39-45(47)37-30-27-25-23-21-19-17-14-10-6-2;/h24-27,32-35,38-41H,5-23,28-31,36-37,42-43H2,1-4H3;. The SMILES string of the molecule is CCCCCCCCC=CCCc1ccccc1N=C(CCCCC)C(CCCCCC)=Nc1ccccc1CCC=CCCCCCCCC.[Ni]. The molecule has 0 atom stereocenters. The molecule has 0 saturated carbocycles. The Hall–Kier alpha value is -2.25. The molecular weight excluding hydrogens is 675 g/mol. The van der Waals surface area contributed by atoms with Crippen LogP contribution in [0.25, 0.3) is 0 Å². The zero-order chi connectivity index (χ0) is 36.5. The average Bonchev–Trinajstić information content (AvgIpc) is 3.15. The van der Waals surface area contributed by atoms with Crippen LogP contribution in [0, 0.1) is 0 Å². The van der Waals surface area contributed by atoms with Gasteiger partial charge in [0.05, 0.1) is 22.8 Å². The molecule has 0 amide bonds. The molecule has 2 aromatic rings.